The Labute approximate surface area is 207 Å². The summed E-state index contributed by atoms with van der Waals surface area (Å²) in [5, 5.41) is -0.201. The van der Waals surface area contributed by atoms with Gasteiger partial charge in [0.1, 0.15) is 0 Å². The van der Waals surface area contributed by atoms with E-state index in [1.54, 1.807) is 6.08 Å². The van der Waals surface area contributed by atoms with E-state index in [2.05, 4.69) is 19.1 Å². The number of benzene rings is 2. The van der Waals surface area contributed by atoms with E-state index in [4.69, 9.17) is 9.31 Å². The second kappa shape index (κ2) is 9.72. The van der Waals surface area contributed by atoms with Crippen LogP contribution in [0.5, 0.6) is 0 Å². The molecule has 178 valence electrons. The molecule has 2 aliphatic rings. The number of nitrogens with zero attached hydrogens (tertiary/aromatic N) is 1. The summed E-state index contributed by atoms with van der Waals surface area (Å²) in [5.41, 5.74) is 3.52. The predicted octanol–water partition coefficient (Wildman–Crippen LogP) is 5.22. The van der Waals surface area contributed by atoms with Crippen molar-refractivity contribution in [2.24, 2.45) is 0 Å². The largest absolute Gasteiger partial charge is 0.494 e. The summed E-state index contributed by atoms with van der Waals surface area (Å²) in [6.07, 6.45) is 4.23. The maximum Gasteiger partial charge on any atom is 0.494 e. The lowest BCUT2D eigenvalue weighted by molar-refractivity contribution is -0.122. The summed E-state index contributed by atoms with van der Waals surface area (Å²) in [6.45, 7) is 10.7. The Morgan fingerprint density at radius 2 is 1.65 bits per heavy atom. The Hall–Kier alpha value is -2.35. The lowest BCUT2D eigenvalue weighted by atomic mass is 9.78. The molecule has 2 aliphatic heterocycles. The number of carbonyl (C=O) groups is 2. The van der Waals surface area contributed by atoms with Crippen LogP contribution in [0.1, 0.15) is 57.7 Å². The van der Waals surface area contributed by atoms with Crippen molar-refractivity contribution in [3.8, 4) is 0 Å². The van der Waals surface area contributed by atoms with Crippen LogP contribution in [0.15, 0.2) is 53.4 Å². The monoisotopic (exact) mass is 477 g/mol. The topological polar surface area (TPSA) is 55.8 Å². The molecule has 34 heavy (non-hydrogen) atoms. The SMILES string of the molecule is CCc1ccc(C=C2SC(=O)N(CCCc3cccc(B4OC(C)(C)C(C)(C)O4)c3)C2=O)cc1. The van der Waals surface area contributed by atoms with E-state index in [1.807, 2.05) is 64.1 Å². The zero-order valence-electron chi connectivity index (χ0n) is 20.6. The van der Waals surface area contributed by atoms with Gasteiger partial charge in [-0.05, 0) is 86.9 Å². The molecule has 0 saturated carbocycles. The molecule has 2 saturated heterocycles. The van der Waals surface area contributed by atoms with Gasteiger partial charge in [-0.2, -0.15) is 0 Å². The van der Waals surface area contributed by atoms with Crippen molar-refractivity contribution in [2.45, 2.75) is 65.1 Å². The van der Waals surface area contributed by atoms with E-state index in [0.717, 1.165) is 41.2 Å². The molecule has 2 aromatic carbocycles. The van der Waals surface area contributed by atoms with Crippen LogP contribution in [0.3, 0.4) is 0 Å². The smallest absolute Gasteiger partial charge is 0.399 e. The van der Waals surface area contributed by atoms with Crippen LogP contribution in [-0.4, -0.2) is 40.9 Å². The fourth-order valence-electron chi connectivity index (χ4n) is 4.01. The number of carbonyl (C=O) groups excluding carboxylic acids is 2. The summed E-state index contributed by atoms with van der Waals surface area (Å²) in [4.78, 5) is 27.1. The number of rotatable bonds is 7. The van der Waals surface area contributed by atoms with Crippen molar-refractivity contribution in [3.05, 3.63) is 70.1 Å². The summed E-state index contributed by atoms with van der Waals surface area (Å²) in [5.74, 6) is -0.208. The molecule has 0 atom stereocenters. The predicted molar refractivity (Wildman–Crippen MR) is 139 cm³/mol. The summed E-state index contributed by atoms with van der Waals surface area (Å²) in [7, 11) is -0.401. The highest BCUT2D eigenvalue weighted by molar-refractivity contribution is 8.18. The summed E-state index contributed by atoms with van der Waals surface area (Å²) >= 11 is 1.02. The van der Waals surface area contributed by atoms with Crippen molar-refractivity contribution < 1.29 is 18.9 Å². The number of aryl methyl sites for hydroxylation is 2. The number of hydrogen-bond acceptors (Lipinski definition) is 5. The summed E-state index contributed by atoms with van der Waals surface area (Å²) in [6, 6.07) is 16.2. The number of thioether (sulfide) groups is 1. The minimum atomic E-state index is -0.401. The quantitative estimate of drug-likeness (QED) is 0.405. The van der Waals surface area contributed by atoms with Gasteiger partial charge in [-0.1, -0.05) is 55.5 Å². The first-order chi connectivity index (χ1) is 16.1. The Kier molecular flexibility index (Phi) is 7.08. The van der Waals surface area contributed by atoms with Crippen molar-refractivity contribution in [1.29, 1.82) is 0 Å². The van der Waals surface area contributed by atoms with Crippen LogP contribution in [0.2, 0.25) is 0 Å². The van der Waals surface area contributed by atoms with E-state index < -0.39 is 7.12 Å². The molecule has 5 nitrogen and oxygen atoms in total. The fraction of sp³-hybridized carbons (Fsp3) is 0.407. The third-order valence-electron chi connectivity index (χ3n) is 6.88. The van der Waals surface area contributed by atoms with Crippen molar-refractivity contribution in [3.63, 3.8) is 0 Å². The fourth-order valence-corrected chi connectivity index (χ4v) is 4.87. The first-order valence-corrected chi connectivity index (χ1v) is 12.7. The third-order valence-corrected chi connectivity index (χ3v) is 7.79. The second-order valence-corrected chi connectivity index (χ2v) is 10.9. The normalized spacial score (nSPS) is 20.6. The van der Waals surface area contributed by atoms with Gasteiger partial charge in [0.05, 0.1) is 16.1 Å². The standard InChI is InChI=1S/C27H32BNO4S/c1-6-19-12-14-21(15-13-19)18-23-24(30)29(25(31)34-23)16-8-10-20-9-7-11-22(17-20)28-32-26(2,3)27(4,5)33-28/h7,9,11-15,17-18H,6,8,10,16H2,1-5H3. The van der Waals surface area contributed by atoms with Gasteiger partial charge >= 0.3 is 7.12 Å². The van der Waals surface area contributed by atoms with Crippen LogP contribution < -0.4 is 5.46 Å². The molecule has 2 amide bonds. The third kappa shape index (κ3) is 5.17. The van der Waals surface area contributed by atoms with E-state index in [0.29, 0.717) is 17.9 Å². The molecule has 0 unspecified atom stereocenters. The molecule has 0 aromatic heterocycles. The van der Waals surface area contributed by atoms with Gasteiger partial charge in [-0.15, -0.1) is 0 Å². The highest BCUT2D eigenvalue weighted by Gasteiger charge is 2.51. The number of amides is 2. The molecule has 0 radical (unpaired) electrons. The van der Waals surface area contributed by atoms with E-state index in [9.17, 15) is 9.59 Å². The number of hydrogen-bond donors (Lipinski definition) is 0. The van der Waals surface area contributed by atoms with E-state index in [1.165, 1.54) is 10.5 Å². The minimum absolute atomic E-state index is 0.201. The van der Waals surface area contributed by atoms with E-state index >= 15 is 0 Å². The second-order valence-electron chi connectivity index (χ2n) is 9.87. The van der Waals surface area contributed by atoms with Gasteiger partial charge < -0.3 is 9.31 Å². The molecule has 0 spiro atoms. The molecule has 0 bridgehead atoms. The molecule has 2 heterocycles. The first-order valence-electron chi connectivity index (χ1n) is 11.9. The average Bonchev–Trinajstić information content (AvgIpc) is 3.19. The van der Waals surface area contributed by atoms with Crippen molar-refractivity contribution in [2.75, 3.05) is 6.54 Å². The zero-order valence-corrected chi connectivity index (χ0v) is 21.4. The van der Waals surface area contributed by atoms with Gasteiger partial charge in [0.15, 0.2) is 0 Å². The zero-order chi connectivity index (χ0) is 24.5. The summed E-state index contributed by atoms with van der Waals surface area (Å²) < 4.78 is 12.3. The molecular formula is C27H32BNO4S. The van der Waals surface area contributed by atoms with Crippen molar-refractivity contribution >= 4 is 41.6 Å². The van der Waals surface area contributed by atoms with Crippen LogP contribution in [-0.2, 0) is 26.9 Å². The van der Waals surface area contributed by atoms with Crippen molar-refractivity contribution in [1.82, 2.24) is 4.90 Å². The molecule has 2 fully saturated rings. The molecule has 0 aliphatic carbocycles. The highest BCUT2D eigenvalue weighted by atomic mass is 32.2. The van der Waals surface area contributed by atoms with Crippen LogP contribution in [0, 0.1) is 0 Å². The molecule has 2 aromatic rings. The molecular weight excluding hydrogens is 445 g/mol. The Balaban J connectivity index is 1.35. The average molecular weight is 477 g/mol. The maximum absolute atomic E-state index is 12.8. The van der Waals surface area contributed by atoms with Gasteiger partial charge in [-0.3, -0.25) is 14.5 Å². The Bertz CT molecular complexity index is 1090. The Morgan fingerprint density at radius 1 is 0.971 bits per heavy atom. The van der Waals surface area contributed by atoms with Gasteiger partial charge in [0.2, 0.25) is 0 Å². The van der Waals surface area contributed by atoms with Crippen LogP contribution in [0.25, 0.3) is 6.08 Å². The molecule has 4 rings (SSSR count). The number of imide groups is 1. The van der Waals surface area contributed by atoms with Crippen LogP contribution >= 0.6 is 11.8 Å². The van der Waals surface area contributed by atoms with Gasteiger partial charge in [-0.25, -0.2) is 0 Å². The lowest BCUT2D eigenvalue weighted by Gasteiger charge is -2.32. The first kappa shape index (κ1) is 24.8. The van der Waals surface area contributed by atoms with Crippen LogP contribution in [0.4, 0.5) is 4.79 Å². The van der Waals surface area contributed by atoms with Gasteiger partial charge in [0.25, 0.3) is 11.1 Å². The Morgan fingerprint density at radius 3 is 2.29 bits per heavy atom. The molecule has 7 heteroatoms. The lowest BCUT2D eigenvalue weighted by Crippen LogP contribution is -2.41. The highest BCUT2D eigenvalue weighted by Crippen LogP contribution is 2.36. The minimum Gasteiger partial charge on any atom is -0.399 e. The maximum atomic E-state index is 12.8. The molecule has 0 N–H and O–H groups in total. The van der Waals surface area contributed by atoms with Gasteiger partial charge in [0, 0.05) is 6.54 Å². The van der Waals surface area contributed by atoms with E-state index in [-0.39, 0.29) is 22.3 Å².